The highest BCUT2D eigenvalue weighted by Gasteiger charge is 2.14. The zero-order chi connectivity index (χ0) is 24.0. The molecule has 1 aromatic heterocycles. The maximum Gasteiger partial charge on any atom is 0.264 e. The molecule has 1 heterocycles. The molecule has 0 aliphatic rings. The summed E-state index contributed by atoms with van der Waals surface area (Å²) in [5, 5.41) is 4.97. The number of benzene rings is 2. The third kappa shape index (κ3) is 6.33. The lowest BCUT2D eigenvalue weighted by molar-refractivity contribution is -0.118. The quantitative estimate of drug-likeness (QED) is 0.435. The SMILES string of the molecule is C=CCc1ccc(OCC(=O)Nc2nc(-c3ccc(N(C)S(C)(=O)=O)cc3)cs2)c(OC)c1. The summed E-state index contributed by atoms with van der Waals surface area (Å²) in [6.45, 7) is 3.52. The summed E-state index contributed by atoms with van der Waals surface area (Å²) < 4.78 is 35.5. The summed E-state index contributed by atoms with van der Waals surface area (Å²) in [6.07, 6.45) is 3.65. The van der Waals surface area contributed by atoms with Crippen LogP contribution in [-0.2, 0) is 21.2 Å². The van der Waals surface area contributed by atoms with Gasteiger partial charge in [0.15, 0.2) is 23.2 Å². The van der Waals surface area contributed by atoms with Gasteiger partial charge < -0.3 is 9.47 Å². The van der Waals surface area contributed by atoms with Crippen molar-refractivity contribution in [2.45, 2.75) is 6.42 Å². The summed E-state index contributed by atoms with van der Waals surface area (Å²) >= 11 is 1.29. The van der Waals surface area contributed by atoms with Crippen LogP contribution >= 0.6 is 11.3 Å². The fourth-order valence-corrected chi connectivity index (χ4v) is 4.16. The maximum atomic E-state index is 12.3. The summed E-state index contributed by atoms with van der Waals surface area (Å²) in [7, 11) is -0.291. The topological polar surface area (TPSA) is 97.8 Å². The Morgan fingerprint density at radius 1 is 1.21 bits per heavy atom. The molecule has 1 amide bonds. The van der Waals surface area contributed by atoms with Gasteiger partial charge in [0.25, 0.3) is 5.91 Å². The first kappa shape index (κ1) is 24.3. The van der Waals surface area contributed by atoms with Gasteiger partial charge in [0, 0.05) is 18.0 Å². The van der Waals surface area contributed by atoms with Crippen molar-refractivity contribution in [1.29, 1.82) is 0 Å². The van der Waals surface area contributed by atoms with Gasteiger partial charge in [-0.05, 0) is 36.2 Å². The van der Waals surface area contributed by atoms with Crippen LogP contribution in [0.3, 0.4) is 0 Å². The van der Waals surface area contributed by atoms with Crippen molar-refractivity contribution < 1.29 is 22.7 Å². The fourth-order valence-electron chi connectivity index (χ4n) is 2.92. The lowest BCUT2D eigenvalue weighted by Crippen LogP contribution is -2.24. The highest BCUT2D eigenvalue weighted by molar-refractivity contribution is 7.92. The molecule has 8 nitrogen and oxygen atoms in total. The number of allylic oxidation sites excluding steroid dienone is 1. The maximum absolute atomic E-state index is 12.3. The molecule has 174 valence electrons. The first-order valence-corrected chi connectivity index (χ1v) is 12.6. The molecule has 10 heteroatoms. The Balaban J connectivity index is 1.60. The molecule has 0 aliphatic carbocycles. The van der Waals surface area contributed by atoms with Crippen LogP contribution in [0.15, 0.2) is 60.5 Å². The number of nitrogens with zero attached hydrogens (tertiary/aromatic N) is 2. The third-order valence-electron chi connectivity index (χ3n) is 4.74. The van der Waals surface area contributed by atoms with Gasteiger partial charge in [-0.1, -0.05) is 24.3 Å². The van der Waals surface area contributed by atoms with Crippen LogP contribution in [0.2, 0.25) is 0 Å². The molecule has 1 N–H and O–H groups in total. The Morgan fingerprint density at radius 3 is 2.58 bits per heavy atom. The Morgan fingerprint density at radius 2 is 1.94 bits per heavy atom. The first-order chi connectivity index (χ1) is 15.7. The zero-order valence-corrected chi connectivity index (χ0v) is 20.2. The molecule has 0 radical (unpaired) electrons. The predicted molar refractivity (Wildman–Crippen MR) is 132 cm³/mol. The molecular formula is C23H25N3O5S2. The molecule has 0 unspecified atom stereocenters. The molecule has 0 spiro atoms. The Labute approximate surface area is 197 Å². The Kier molecular flexibility index (Phi) is 7.72. The molecule has 2 aromatic carbocycles. The highest BCUT2D eigenvalue weighted by Crippen LogP contribution is 2.29. The predicted octanol–water partition coefficient (Wildman–Crippen LogP) is 3.96. The van der Waals surface area contributed by atoms with Gasteiger partial charge in [-0.2, -0.15) is 0 Å². The normalized spacial score (nSPS) is 11.0. The first-order valence-electron chi connectivity index (χ1n) is 9.91. The van der Waals surface area contributed by atoms with Gasteiger partial charge in [0.2, 0.25) is 10.0 Å². The van der Waals surface area contributed by atoms with Crippen LogP contribution in [0.5, 0.6) is 11.5 Å². The van der Waals surface area contributed by atoms with Crippen molar-refractivity contribution in [2.24, 2.45) is 0 Å². The number of hydrogen-bond acceptors (Lipinski definition) is 7. The Bertz CT molecular complexity index is 1240. The molecule has 33 heavy (non-hydrogen) atoms. The van der Waals surface area contributed by atoms with Gasteiger partial charge in [0.05, 0.1) is 24.7 Å². The van der Waals surface area contributed by atoms with Gasteiger partial charge in [-0.25, -0.2) is 13.4 Å². The molecule has 0 saturated carbocycles. The van der Waals surface area contributed by atoms with Crippen LogP contribution in [0, 0.1) is 0 Å². The highest BCUT2D eigenvalue weighted by atomic mass is 32.2. The van der Waals surface area contributed by atoms with Crippen molar-refractivity contribution in [3.63, 3.8) is 0 Å². The van der Waals surface area contributed by atoms with E-state index < -0.39 is 10.0 Å². The van der Waals surface area contributed by atoms with Gasteiger partial charge in [-0.3, -0.25) is 14.4 Å². The van der Waals surface area contributed by atoms with Gasteiger partial charge in [-0.15, -0.1) is 17.9 Å². The number of amides is 1. The molecule has 0 atom stereocenters. The second-order valence-corrected chi connectivity index (χ2v) is 10.0. The van der Waals surface area contributed by atoms with Crippen molar-refractivity contribution in [1.82, 2.24) is 4.98 Å². The number of ether oxygens (including phenoxy) is 2. The second-order valence-electron chi connectivity index (χ2n) is 7.13. The van der Waals surface area contributed by atoms with Gasteiger partial charge in [0.1, 0.15) is 0 Å². The summed E-state index contributed by atoms with van der Waals surface area (Å²) in [5.74, 6) is 0.668. The number of sulfonamides is 1. The number of rotatable bonds is 10. The summed E-state index contributed by atoms with van der Waals surface area (Å²) in [4.78, 5) is 16.8. The Hall–Kier alpha value is -3.37. The molecule has 0 aliphatic heterocycles. The van der Waals surface area contributed by atoms with Crippen LogP contribution < -0.4 is 19.1 Å². The lowest BCUT2D eigenvalue weighted by atomic mass is 10.1. The van der Waals surface area contributed by atoms with Crippen molar-refractivity contribution >= 4 is 38.1 Å². The molecule has 3 rings (SSSR count). The smallest absolute Gasteiger partial charge is 0.264 e. The van der Waals surface area contributed by atoms with E-state index in [1.165, 1.54) is 22.7 Å². The number of methoxy groups -OCH3 is 1. The summed E-state index contributed by atoms with van der Waals surface area (Å²) in [6, 6.07) is 12.5. The lowest BCUT2D eigenvalue weighted by Gasteiger charge is -2.16. The minimum absolute atomic E-state index is 0.196. The van der Waals surface area contributed by atoms with E-state index in [0.29, 0.717) is 34.4 Å². The van der Waals surface area contributed by atoms with Crippen LogP contribution in [0.4, 0.5) is 10.8 Å². The number of thiazole rings is 1. The van der Waals surface area contributed by atoms with Gasteiger partial charge >= 0.3 is 0 Å². The number of hydrogen-bond donors (Lipinski definition) is 1. The fraction of sp³-hybridized carbons (Fsp3) is 0.217. The largest absolute Gasteiger partial charge is 0.493 e. The average molecular weight is 488 g/mol. The van der Waals surface area contributed by atoms with Crippen LogP contribution in [0.25, 0.3) is 11.3 Å². The number of nitrogens with one attached hydrogen (secondary N) is 1. The van der Waals surface area contributed by atoms with Crippen molar-refractivity contribution in [3.8, 4) is 22.8 Å². The van der Waals surface area contributed by atoms with E-state index in [2.05, 4.69) is 16.9 Å². The van der Waals surface area contributed by atoms with Crippen molar-refractivity contribution in [2.75, 3.05) is 36.6 Å². The molecule has 0 bridgehead atoms. The van der Waals surface area contributed by atoms with E-state index in [0.717, 1.165) is 17.4 Å². The van der Waals surface area contributed by atoms with E-state index in [1.807, 2.05) is 17.5 Å². The molecule has 3 aromatic rings. The number of carbonyl (C=O) groups is 1. The van der Waals surface area contributed by atoms with E-state index in [4.69, 9.17) is 9.47 Å². The number of carbonyl (C=O) groups excluding carboxylic acids is 1. The number of anilines is 2. The second kappa shape index (κ2) is 10.5. The minimum Gasteiger partial charge on any atom is -0.493 e. The van der Waals surface area contributed by atoms with E-state index in [-0.39, 0.29) is 12.5 Å². The monoisotopic (exact) mass is 487 g/mol. The zero-order valence-electron chi connectivity index (χ0n) is 18.6. The van der Waals surface area contributed by atoms with Crippen molar-refractivity contribution in [3.05, 3.63) is 66.1 Å². The van der Waals surface area contributed by atoms with Crippen LogP contribution in [0.1, 0.15) is 5.56 Å². The van der Waals surface area contributed by atoms with E-state index in [9.17, 15) is 13.2 Å². The summed E-state index contributed by atoms with van der Waals surface area (Å²) in [5.41, 5.74) is 3.06. The third-order valence-corrected chi connectivity index (χ3v) is 6.71. The standard InChI is InChI=1S/C23H25N3O5S2/c1-5-6-16-7-12-20(21(13-16)30-3)31-14-22(27)25-23-24-19(15-32-23)17-8-10-18(11-9-17)26(2)33(4,28)29/h5,7-13,15H,1,6,14H2,2-4H3,(H,24,25,27). The van der Waals surface area contributed by atoms with E-state index in [1.54, 1.807) is 43.5 Å². The van der Waals surface area contributed by atoms with Crippen LogP contribution in [-0.4, -0.2) is 46.3 Å². The average Bonchev–Trinajstić information content (AvgIpc) is 3.25. The number of aromatic nitrogens is 1. The van der Waals surface area contributed by atoms with E-state index >= 15 is 0 Å². The molecular weight excluding hydrogens is 462 g/mol. The molecule has 0 fully saturated rings. The minimum atomic E-state index is -3.33. The molecule has 0 saturated heterocycles.